The van der Waals surface area contributed by atoms with Gasteiger partial charge < -0.3 is 10.6 Å². The van der Waals surface area contributed by atoms with E-state index in [9.17, 15) is 9.59 Å². The van der Waals surface area contributed by atoms with Gasteiger partial charge in [-0.15, -0.1) is 0 Å². The maximum atomic E-state index is 12.1. The van der Waals surface area contributed by atoms with E-state index < -0.39 is 0 Å². The number of rotatable bonds is 4. The van der Waals surface area contributed by atoms with Crippen molar-refractivity contribution in [3.8, 4) is 0 Å². The maximum absolute atomic E-state index is 12.1. The molecule has 0 spiro atoms. The second-order valence-corrected chi connectivity index (χ2v) is 6.87. The fraction of sp³-hybridized carbons (Fsp3) is 0.300. The summed E-state index contributed by atoms with van der Waals surface area (Å²) < 4.78 is 0. The summed E-state index contributed by atoms with van der Waals surface area (Å²) in [6.07, 6.45) is 0. The van der Waals surface area contributed by atoms with Gasteiger partial charge in [-0.25, -0.2) is 0 Å². The second-order valence-electron chi connectivity index (χ2n) is 6.87. The zero-order valence-corrected chi connectivity index (χ0v) is 14.6. The molecule has 0 aliphatic rings. The molecule has 0 aliphatic carbocycles. The average Bonchev–Trinajstić information content (AvgIpc) is 2.53. The van der Waals surface area contributed by atoms with Gasteiger partial charge in [0, 0.05) is 11.3 Å². The van der Waals surface area contributed by atoms with Crippen LogP contribution in [0.3, 0.4) is 0 Å². The van der Waals surface area contributed by atoms with Crippen LogP contribution in [0, 0.1) is 6.92 Å². The Labute approximate surface area is 143 Å². The third kappa shape index (κ3) is 4.69. The van der Waals surface area contributed by atoms with Crippen LogP contribution < -0.4 is 10.6 Å². The molecule has 0 unspecified atom stereocenters. The summed E-state index contributed by atoms with van der Waals surface area (Å²) in [4.78, 5) is 24.1. The third-order valence-electron chi connectivity index (χ3n) is 3.83. The van der Waals surface area contributed by atoms with E-state index in [0.717, 1.165) is 11.3 Å². The van der Waals surface area contributed by atoms with Crippen LogP contribution in [-0.2, 0) is 10.2 Å². The topological polar surface area (TPSA) is 58.2 Å². The number of hydrogen-bond donors (Lipinski definition) is 2. The first-order chi connectivity index (χ1) is 11.3. The Kier molecular flexibility index (Phi) is 5.39. The smallest absolute Gasteiger partial charge is 0.251 e. The van der Waals surface area contributed by atoms with Crippen LogP contribution >= 0.6 is 0 Å². The molecule has 0 heterocycles. The van der Waals surface area contributed by atoms with E-state index in [2.05, 4.69) is 31.4 Å². The molecule has 2 amide bonds. The van der Waals surface area contributed by atoms with E-state index in [1.807, 2.05) is 43.3 Å². The maximum Gasteiger partial charge on any atom is 0.251 e. The van der Waals surface area contributed by atoms with E-state index in [4.69, 9.17) is 0 Å². The Bertz CT molecular complexity index is 728. The summed E-state index contributed by atoms with van der Waals surface area (Å²) in [6, 6.07) is 15.0. The molecule has 2 aromatic rings. The second kappa shape index (κ2) is 7.30. The monoisotopic (exact) mass is 324 g/mol. The number of nitrogens with one attached hydrogen (secondary N) is 2. The molecule has 0 aromatic heterocycles. The Balaban J connectivity index is 1.90. The lowest BCUT2D eigenvalue weighted by atomic mass is 9.87. The molecule has 126 valence electrons. The Morgan fingerprint density at radius 1 is 0.958 bits per heavy atom. The summed E-state index contributed by atoms with van der Waals surface area (Å²) in [7, 11) is 0. The van der Waals surface area contributed by atoms with Gasteiger partial charge in [0.2, 0.25) is 5.91 Å². The first-order valence-corrected chi connectivity index (χ1v) is 8.01. The zero-order chi connectivity index (χ0) is 17.7. The minimum Gasteiger partial charge on any atom is -0.343 e. The van der Waals surface area contributed by atoms with Gasteiger partial charge in [0.1, 0.15) is 0 Å². The quantitative estimate of drug-likeness (QED) is 0.901. The summed E-state index contributed by atoms with van der Waals surface area (Å²) in [5, 5.41) is 5.43. The van der Waals surface area contributed by atoms with Crippen molar-refractivity contribution in [2.24, 2.45) is 0 Å². The number of carbonyl (C=O) groups excluding carboxylic acids is 2. The predicted octanol–water partition coefficient (Wildman–Crippen LogP) is 3.66. The van der Waals surface area contributed by atoms with Gasteiger partial charge in [-0.05, 0) is 41.7 Å². The van der Waals surface area contributed by atoms with E-state index in [-0.39, 0.29) is 23.8 Å². The molecule has 0 aliphatic heterocycles. The molecule has 2 rings (SSSR count). The van der Waals surface area contributed by atoms with Crippen LogP contribution in [0.1, 0.15) is 42.3 Å². The lowest BCUT2D eigenvalue weighted by Crippen LogP contribution is -2.33. The van der Waals surface area contributed by atoms with Crippen molar-refractivity contribution in [1.82, 2.24) is 5.32 Å². The first kappa shape index (κ1) is 17.7. The molecule has 0 saturated heterocycles. The summed E-state index contributed by atoms with van der Waals surface area (Å²) in [5.41, 5.74) is 3.46. The van der Waals surface area contributed by atoms with Crippen LogP contribution in [0.25, 0.3) is 0 Å². The van der Waals surface area contributed by atoms with Gasteiger partial charge >= 0.3 is 0 Å². The van der Waals surface area contributed by atoms with Gasteiger partial charge in [0.15, 0.2) is 0 Å². The third-order valence-corrected chi connectivity index (χ3v) is 3.83. The average molecular weight is 324 g/mol. The van der Waals surface area contributed by atoms with Crippen molar-refractivity contribution in [1.29, 1.82) is 0 Å². The highest BCUT2D eigenvalue weighted by atomic mass is 16.2. The minimum atomic E-state index is -0.250. The van der Waals surface area contributed by atoms with Crippen molar-refractivity contribution >= 4 is 17.5 Å². The van der Waals surface area contributed by atoms with Crippen molar-refractivity contribution < 1.29 is 9.59 Å². The number of anilines is 1. The van der Waals surface area contributed by atoms with E-state index in [1.54, 1.807) is 12.1 Å². The zero-order valence-electron chi connectivity index (χ0n) is 14.6. The van der Waals surface area contributed by atoms with E-state index >= 15 is 0 Å². The minimum absolute atomic E-state index is 0.0613. The lowest BCUT2D eigenvalue weighted by molar-refractivity contribution is -0.115. The number of benzene rings is 2. The van der Waals surface area contributed by atoms with Crippen molar-refractivity contribution in [3.05, 3.63) is 65.2 Å². The molecule has 0 bridgehead atoms. The number of amides is 2. The summed E-state index contributed by atoms with van der Waals surface area (Å²) in [5.74, 6) is -0.494. The van der Waals surface area contributed by atoms with Gasteiger partial charge in [-0.1, -0.05) is 51.1 Å². The molecule has 0 saturated carbocycles. The fourth-order valence-electron chi connectivity index (χ4n) is 2.34. The number of hydrogen-bond acceptors (Lipinski definition) is 2. The van der Waals surface area contributed by atoms with E-state index in [1.165, 1.54) is 5.56 Å². The molecule has 0 radical (unpaired) electrons. The first-order valence-electron chi connectivity index (χ1n) is 8.01. The van der Waals surface area contributed by atoms with Crippen molar-refractivity contribution in [3.63, 3.8) is 0 Å². The molecule has 4 nitrogen and oxygen atoms in total. The lowest BCUT2D eigenvalue weighted by Gasteiger charge is -2.19. The Hall–Kier alpha value is -2.62. The van der Waals surface area contributed by atoms with Gasteiger partial charge in [0.05, 0.1) is 6.54 Å². The predicted molar refractivity (Wildman–Crippen MR) is 97.3 cm³/mol. The summed E-state index contributed by atoms with van der Waals surface area (Å²) >= 11 is 0. The highest BCUT2D eigenvalue weighted by Gasteiger charge is 2.13. The Morgan fingerprint density at radius 3 is 2.17 bits per heavy atom. The SMILES string of the molecule is Cc1ccccc1C(=O)NCC(=O)Nc1ccc(C(C)(C)C)cc1. The van der Waals surface area contributed by atoms with Crippen LogP contribution in [0.5, 0.6) is 0 Å². The highest BCUT2D eigenvalue weighted by Crippen LogP contribution is 2.23. The van der Waals surface area contributed by atoms with Gasteiger partial charge in [-0.2, -0.15) is 0 Å². The van der Waals surface area contributed by atoms with Gasteiger partial charge in [-0.3, -0.25) is 9.59 Å². The largest absolute Gasteiger partial charge is 0.343 e. The van der Waals surface area contributed by atoms with Crippen molar-refractivity contribution in [2.75, 3.05) is 11.9 Å². The Morgan fingerprint density at radius 2 is 1.58 bits per heavy atom. The molecule has 24 heavy (non-hydrogen) atoms. The van der Waals surface area contributed by atoms with Crippen LogP contribution in [0.4, 0.5) is 5.69 Å². The molecular formula is C20H24N2O2. The molecule has 0 atom stereocenters. The van der Waals surface area contributed by atoms with Gasteiger partial charge in [0.25, 0.3) is 5.91 Å². The normalized spacial score (nSPS) is 11.0. The molecule has 2 N–H and O–H groups in total. The van der Waals surface area contributed by atoms with Crippen LogP contribution in [0.2, 0.25) is 0 Å². The molecular weight excluding hydrogens is 300 g/mol. The van der Waals surface area contributed by atoms with Crippen LogP contribution in [0.15, 0.2) is 48.5 Å². The summed E-state index contributed by atoms with van der Waals surface area (Å²) in [6.45, 7) is 8.23. The highest BCUT2D eigenvalue weighted by molar-refractivity contribution is 6.00. The number of aryl methyl sites for hydroxylation is 1. The fourth-order valence-corrected chi connectivity index (χ4v) is 2.34. The standard InChI is InChI=1S/C20H24N2O2/c1-14-7-5-6-8-17(14)19(24)21-13-18(23)22-16-11-9-15(10-12-16)20(2,3)4/h5-12H,13H2,1-4H3,(H,21,24)(H,22,23). The van der Waals surface area contributed by atoms with Crippen molar-refractivity contribution in [2.45, 2.75) is 33.1 Å². The molecule has 4 heteroatoms. The van der Waals surface area contributed by atoms with E-state index in [0.29, 0.717) is 5.56 Å². The molecule has 2 aromatic carbocycles. The number of carbonyl (C=O) groups is 2. The molecule has 0 fully saturated rings. The van der Waals surface area contributed by atoms with Crippen LogP contribution in [-0.4, -0.2) is 18.4 Å².